The van der Waals surface area contributed by atoms with Gasteiger partial charge in [-0.15, -0.1) is 16.4 Å². The van der Waals surface area contributed by atoms with Gasteiger partial charge in [-0.2, -0.15) is 0 Å². The van der Waals surface area contributed by atoms with Crippen LogP contribution in [0.5, 0.6) is 0 Å². The molecule has 0 saturated carbocycles. The zero-order valence-corrected chi connectivity index (χ0v) is 18.6. The van der Waals surface area contributed by atoms with Gasteiger partial charge in [-0.1, -0.05) is 49.9 Å². The summed E-state index contributed by atoms with van der Waals surface area (Å²) in [6, 6.07) is 8.11. The monoisotopic (exact) mass is 452 g/mol. The summed E-state index contributed by atoms with van der Waals surface area (Å²) >= 11 is 2.54. The van der Waals surface area contributed by atoms with E-state index in [2.05, 4.69) is 40.4 Å². The Kier molecular flexibility index (Phi) is 4.90. The maximum Gasteiger partial charge on any atom is 0.265 e. The van der Waals surface area contributed by atoms with Crippen molar-refractivity contribution in [2.75, 3.05) is 11.1 Å². The predicted octanol–water partition coefficient (Wildman–Crippen LogP) is 3.50. The van der Waals surface area contributed by atoms with Crippen molar-refractivity contribution in [1.82, 2.24) is 24.6 Å². The molecule has 0 fully saturated rings. The lowest BCUT2D eigenvalue weighted by Gasteiger charge is -2.34. The summed E-state index contributed by atoms with van der Waals surface area (Å²) in [6.45, 7) is 4.21. The van der Waals surface area contributed by atoms with Crippen molar-refractivity contribution in [3.8, 4) is 11.3 Å². The lowest BCUT2D eigenvalue weighted by molar-refractivity contribution is -0.113. The van der Waals surface area contributed by atoms with Gasteiger partial charge in [0.05, 0.1) is 17.0 Å². The highest BCUT2D eigenvalue weighted by Gasteiger charge is 2.38. The van der Waals surface area contributed by atoms with Crippen LogP contribution in [-0.2, 0) is 16.6 Å². The summed E-state index contributed by atoms with van der Waals surface area (Å²) in [5.41, 5.74) is 3.17. The van der Waals surface area contributed by atoms with E-state index >= 15 is 0 Å². The van der Waals surface area contributed by atoms with Crippen LogP contribution in [0.15, 0.2) is 45.8 Å². The SMILES string of the molecule is CCC1(C)Cc2ccccc2-c2nc3[nH]nc(SCC(=O)Nc4nccs4)n3c(=O)c21. The zero-order chi connectivity index (χ0) is 21.6. The van der Waals surface area contributed by atoms with Crippen molar-refractivity contribution < 1.29 is 4.79 Å². The van der Waals surface area contributed by atoms with Crippen LogP contribution in [0.1, 0.15) is 31.4 Å². The molecule has 0 saturated heterocycles. The van der Waals surface area contributed by atoms with Gasteiger partial charge in [-0.05, 0) is 18.4 Å². The van der Waals surface area contributed by atoms with E-state index in [9.17, 15) is 9.59 Å². The molecule has 3 heterocycles. The molecule has 4 aromatic rings. The summed E-state index contributed by atoms with van der Waals surface area (Å²) in [5, 5.41) is 12.6. The number of thioether (sulfide) groups is 1. The number of H-pyrrole nitrogens is 1. The van der Waals surface area contributed by atoms with Crippen LogP contribution < -0.4 is 10.9 Å². The van der Waals surface area contributed by atoms with Gasteiger partial charge >= 0.3 is 0 Å². The van der Waals surface area contributed by atoms with Gasteiger partial charge in [0.25, 0.3) is 5.56 Å². The predicted molar refractivity (Wildman–Crippen MR) is 122 cm³/mol. The normalized spacial score (nSPS) is 17.4. The van der Waals surface area contributed by atoms with Crippen LogP contribution in [0, 0.1) is 0 Å². The van der Waals surface area contributed by atoms with E-state index in [-0.39, 0.29) is 22.6 Å². The smallest absolute Gasteiger partial charge is 0.265 e. The Morgan fingerprint density at radius 1 is 1.39 bits per heavy atom. The van der Waals surface area contributed by atoms with Crippen molar-refractivity contribution >= 4 is 39.9 Å². The summed E-state index contributed by atoms with van der Waals surface area (Å²) in [4.78, 5) is 34.8. The number of fused-ring (bicyclic) bond motifs is 4. The molecule has 2 N–H and O–H groups in total. The highest BCUT2D eigenvalue weighted by molar-refractivity contribution is 7.99. The van der Waals surface area contributed by atoms with E-state index in [0.717, 1.165) is 24.1 Å². The van der Waals surface area contributed by atoms with Crippen molar-refractivity contribution in [2.45, 2.75) is 37.3 Å². The average molecular weight is 453 g/mol. The van der Waals surface area contributed by atoms with E-state index in [1.54, 1.807) is 11.6 Å². The minimum atomic E-state index is -0.323. The second-order valence-corrected chi connectivity index (χ2v) is 9.57. The van der Waals surface area contributed by atoms with E-state index in [4.69, 9.17) is 4.98 Å². The van der Waals surface area contributed by atoms with E-state index in [0.29, 0.717) is 21.6 Å². The summed E-state index contributed by atoms with van der Waals surface area (Å²) in [6.07, 6.45) is 3.23. The Balaban J connectivity index is 1.55. The Bertz CT molecular complexity index is 1340. The maximum atomic E-state index is 13.7. The number of hydrogen-bond donors (Lipinski definition) is 2. The Labute approximate surface area is 186 Å². The van der Waals surface area contributed by atoms with Crippen LogP contribution in [0.4, 0.5) is 5.13 Å². The standard InChI is InChI=1S/C21H20N6O2S2/c1-3-21(2)10-12-6-4-5-7-13(12)16-15(21)17(29)27-18(24-16)25-26-20(27)31-11-14(28)23-19-22-8-9-30-19/h4-9H,3,10-11H2,1-2H3,(H,24,25)(H,22,23,28). The molecule has 8 nitrogen and oxygen atoms in total. The quantitative estimate of drug-likeness (QED) is 0.449. The summed E-state index contributed by atoms with van der Waals surface area (Å²) in [5.74, 6) is 0.279. The zero-order valence-electron chi connectivity index (χ0n) is 17.0. The molecule has 1 atom stereocenters. The molecule has 0 bridgehead atoms. The van der Waals surface area contributed by atoms with Crippen LogP contribution in [-0.4, -0.2) is 36.2 Å². The fourth-order valence-electron chi connectivity index (χ4n) is 4.04. The molecule has 1 aliphatic carbocycles. The number of amides is 1. The lowest BCUT2D eigenvalue weighted by atomic mass is 9.69. The molecule has 0 aliphatic heterocycles. The van der Waals surface area contributed by atoms with Crippen molar-refractivity contribution in [3.63, 3.8) is 0 Å². The van der Waals surface area contributed by atoms with Gasteiger partial charge in [0.15, 0.2) is 10.3 Å². The first kappa shape index (κ1) is 20.0. The van der Waals surface area contributed by atoms with E-state index in [1.807, 2.05) is 18.2 Å². The molecule has 3 aromatic heterocycles. The first-order chi connectivity index (χ1) is 15.0. The van der Waals surface area contributed by atoms with Crippen LogP contribution in [0.3, 0.4) is 0 Å². The molecule has 1 aromatic carbocycles. The number of aromatic nitrogens is 5. The van der Waals surface area contributed by atoms with Gasteiger partial charge in [0.2, 0.25) is 11.7 Å². The second kappa shape index (κ2) is 7.61. The van der Waals surface area contributed by atoms with Crippen molar-refractivity contribution in [3.05, 3.63) is 57.3 Å². The number of anilines is 1. The van der Waals surface area contributed by atoms with Gasteiger partial charge in [-0.25, -0.2) is 19.5 Å². The molecule has 0 spiro atoms. The van der Waals surface area contributed by atoms with E-state index < -0.39 is 0 Å². The van der Waals surface area contributed by atoms with Crippen LogP contribution in [0.25, 0.3) is 17.0 Å². The van der Waals surface area contributed by atoms with Gasteiger partial charge in [-0.3, -0.25) is 9.59 Å². The summed E-state index contributed by atoms with van der Waals surface area (Å²) < 4.78 is 1.49. The molecule has 10 heteroatoms. The number of carbonyl (C=O) groups is 1. The molecular weight excluding hydrogens is 432 g/mol. The second-order valence-electron chi connectivity index (χ2n) is 7.73. The number of hydrogen-bond acceptors (Lipinski definition) is 7. The Morgan fingerprint density at radius 3 is 3.00 bits per heavy atom. The number of aromatic amines is 1. The Morgan fingerprint density at radius 2 is 2.23 bits per heavy atom. The third-order valence-corrected chi connectivity index (χ3v) is 7.40. The fourth-order valence-corrected chi connectivity index (χ4v) is 5.33. The van der Waals surface area contributed by atoms with Gasteiger partial charge in [0, 0.05) is 22.6 Å². The minimum absolute atomic E-state index is 0.108. The number of carbonyl (C=O) groups excluding carboxylic acids is 1. The molecule has 1 amide bonds. The maximum absolute atomic E-state index is 13.7. The fraction of sp³-hybridized carbons (Fsp3) is 0.286. The molecule has 1 unspecified atom stereocenters. The number of nitrogens with one attached hydrogen (secondary N) is 2. The number of nitrogens with zero attached hydrogens (tertiary/aromatic N) is 4. The lowest BCUT2D eigenvalue weighted by Crippen LogP contribution is -2.37. The minimum Gasteiger partial charge on any atom is -0.301 e. The van der Waals surface area contributed by atoms with Gasteiger partial charge < -0.3 is 5.32 Å². The molecule has 31 heavy (non-hydrogen) atoms. The molecular formula is C21H20N6O2S2. The number of benzene rings is 1. The van der Waals surface area contributed by atoms with Crippen LogP contribution in [0.2, 0.25) is 0 Å². The third-order valence-electron chi connectivity index (χ3n) is 5.77. The highest BCUT2D eigenvalue weighted by atomic mass is 32.2. The molecule has 1 aliphatic rings. The van der Waals surface area contributed by atoms with Crippen LogP contribution >= 0.6 is 23.1 Å². The topological polar surface area (TPSA) is 105 Å². The number of rotatable bonds is 5. The number of thiazole rings is 1. The van der Waals surface area contributed by atoms with Crippen molar-refractivity contribution in [2.24, 2.45) is 0 Å². The average Bonchev–Trinajstić information content (AvgIpc) is 3.42. The summed E-state index contributed by atoms with van der Waals surface area (Å²) in [7, 11) is 0. The third kappa shape index (κ3) is 3.35. The Hall–Kier alpha value is -2.98. The van der Waals surface area contributed by atoms with Crippen molar-refractivity contribution in [1.29, 1.82) is 0 Å². The molecule has 0 radical (unpaired) electrons. The van der Waals surface area contributed by atoms with E-state index in [1.165, 1.54) is 33.1 Å². The molecule has 158 valence electrons. The highest BCUT2D eigenvalue weighted by Crippen LogP contribution is 2.42. The first-order valence-electron chi connectivity index (χ1n) is 9.92. The van der Waals surface area contributed by atoms with Gasteiger partial charge in [0.1, 0.15) is 0 Å². The first-order valence-corrected chi connectivity index (χ1v) is 11.8. The molecule has 5 rings (SSSR count). The largest absolute Gasteiger partial charge is 0.301 e.